The van der Waals surface area contributed by atoms with Crippen molar-refractivity contribution in [2.75, 3.05) is 0 Å². The number of hydrogen-bond acceptors (Lipinski definition) is 4. The first-order valence-corrected chi connectivity index (χ1v) is 7.95. The summed E-state index contributed by atoms with van der Waals surface area (Å²) in [7, 11) is -4.34. The Morgan fingerprint density at radius 3 is 2.60 bits per heavy atom. The molecule has 0 aliphatic heterocycles. The average Bonchev–Trinajstić information content (AvgIpc) is 2.86. The van der Waals surface area contributed by atoms with Gasteiger partial charge in [-0.1, -0.05) is 19.3 Å². The van der Waals surface area contributed by atoms with E-state index in [1.165, 1.54) is 24.6 Å². The van der Waals surface area contributed by atoms with Gasteiger partial charge in [-0.2, -0.15) is 8.42 Å². The molecule has 20 heavy (non-hydrogen) atoms. The second-order valence-corrected chi connectivity index (χ2v) is 6.16. The number of rotatable bonds is 4. The van der Waals surface area contributed by atoms with Crippen molar-refractivity contribution in [1.29, 1.82) is 0 Å². The third-order valence-electron chi connectivity index (χ3n) is 3.21. The molecule has 1 aliphatic carbocycles. The molecule has 1 heterocycles. The molecule has 0 aromatic carbocycles. The quantitative estimate of drug-likeness (QED) is 0.654. The Kier molecular flexibility index (Phi) is 4.61. The maximum Gasteiger partial charge on any atom is 0.328 e. The van der Waals surface area contributed by atoms with E-state index in [9.17, 15) is 13.2 Å². The van der Waals surface area contributed by atoms with Crippen LogP contribution in [0.3, 0.4) is 0 Å². The zero-order valence-corrected chi connectivity index (χ0v) is 11.7. The molecule has 0 bridgehead atoms. The first-order valence-electron chi connectivity index (χ1n) is 6.51. The summed E-state index contributed by atoms with van der Waals surface area (Å²) in [5, 5.41) is 2.35. The number of hydrogen-bond donors (Lipinski definition) is 2. The molecule has 1 aliphatic rings. The lowest BCUT2D eigenvalue weighted by Crippen LogP contribution is -2.34. The van der Waals surface area contributed by atoms with E-state index in [1.54, 1.807) is 0 Å². The van der Waals surface area contributed by atoms with Crippen molar-refractivity contribution >= 4 is 22.1 Å². The maximum absolute atomic E-state index is 11.7. The molecule has 2 N–H and O–H groups in total. The molecular weight excluding hydrogens is 282 g/mol. The van der Waals surface area contributed by atoms with Crippen molar-refractivity contribution in [3.8, 4) is 0 Å². The summed E-state index contributed by atoms with van der Waals surface area (Å²) in [6.07, 6.45) is 8.12. The molecule has 0 radical (unpaired) electrons. The van der Waals surface area contributed by atoms with Crippen LogP contribution in [0.25, 0.3) is 6.08 Å². The second-order valence-electron chi connectivity index (χ2n) is 4.81. The first-order chi connectivity index (χ1) is 9.45. The van der Waals surface area contributed by atoms with Gasteiger partial charge in [-0.3, -0.25) is 9.35 Å². The van der Waals surface area contributed by atoms with Gasteiger partial charge in [0.05, 0.1) is 0 Å². The Labute approximate surface area is 117 Å². The largest absolute Gasteiger partial charge is 0.443 e. The average molecular weight is 299 g/mol. The smallest absolute Gasteiger partial charge is 0.328 e. The van der Waals surface area contributed by atoms with Crippen LogP contribution in [0.5, 0.6) is 0 Å². The van der Waals surface area contributed by atoms with Crippen LogP contribution >= 0.6 is 0 Å². The van der Waals surface area contributed by atoms with Gasteiger partial charge in [-0.05, 0) is 31.1 Å². The van der Waals surface area contributed by atoms with E-state index in [1.807, 2.05) is 0 Å². The molecule has 1 fully saturated rings. The standard InChI is InChI=1S/C13H17NO5S/c15-12(14-10-4-2-1-3-5-10)8-6-11-7-9-13(19-11)20(16,17)18/h6-10H,1-5H2,(H,14,15)(H,16,17,18). The van der Waals surface area contributed by atoms with Crippen molar-refractivity contribution < 1.29 is 22.2 Å². The molecule has 7 heteroatoms. The number of carbonyl (C=O) groups is 1. The summed E-state index contributed by atoms with van der Waals surface area (Å²) >= 11 is 0. The molecule has 2 rings (SSSR count). The van der Waals surface area contributed by atoms with E-state index in [0.717, 1.165) is 31.7 Å². The highest BCUT2D eigenvalue weighted by molar-refractivity contribution is 7.85. The lowest BCUT2D eigenvalue weighted by atomic mass is 9.95. The summed E-state index contributed by atoms with van der Waals surface area (Å²) in [4.78, 5) is 11.7. The van der Waals surface area contributed by atoms with E-state index in [4.69, 9.17) is 8.97 Å². The van der Waals surface area contributed by atoms with Crippen LogP contribution in [0.1, 0.15) is 37.9 Å². The number of amides is 1. The molecule has 0 unspecified atom stereocenters. The fourth-order valence-corrected chi connectivity index (χ4v) is 2.66. The number of carbonyl (C=O) groups excluding carboxylic acids is 1. The highest BCUT2D eigenvalue weighted by Crippen LogP contribution is 2.17. The zero-order valence-electron chi connectivity index (χ0n) is 10.9. The molecule has 1 aromatic rings. The van der Waals surface area contributed by atoms with Crippen LogP contribution in [0.4, 0.5) is 0 Å². The van der Waals surface area contributed by atoms with Crippen molar-refractivity contribution in [2.45, 2.75) is 43.2 Å². The Bertz CT molecular complexity index is 596. The second kappa shape index (κ2) is 6.23. The highest BCUT2D eigenvalue weighted by atomic mass is 32.2. The first kappa shape index (κ1) is 14.8. The fraction of sp³-hybridized carbons (Fsp3) is 0.462. The van der Waals surface area contributed by atoms with Crippen molar-refractivity contribution in [2.24, 2.45) is 0 Å². The lowest BCUT2D eigenvalue weighted by Gasteiger charge is -2.21. The summed E-state index contributed by atoms with van der Waals surface area (Å²) in [5.41, 5.74) is 0. The normalized spacial score (nSPS) is 17.4. The zero-order chi connectivity index (χ0) is 14.6. The third-order valence-corrected chi connectivity index (χ3v) is 3.93. The molecule has 1 aromatic heterocycles. The minimum atomic E-state index is -4.34. The van der Waals surface area contributed by atoms with Crippen LogP contribution in [0.15, 0.2) is 27.7 Å². The minimum absolute atomic E-state index is 0.191. The summed E-state index contributed by atoms with van der Waals surface area (Å²) in [6, 6.07) is 2.72. The summed E-state index contributed by atoms with van der Waals surface area (Å²) in [6.45, 7) is 0. The summed E-state index contributed by atoms with van der Waals surface area (Å²) in [5.74, 6) is -0.0434. The fourth-order valence-electron chi connectivity index (χ4n) is 2.22. The molecule has 0 atom stereocenters. The van der Waals surface area contributed by atoms with Crippen LogP contribution in [0.2, 0.25) is 0 Å². The molecule has 0 saturated heterocycles. The van der Waals surface area contributed by atoms with Crippen molar-refractivity contribution in [3.05, 3.63) is 24.0 Å². The van der Waals surface area contributed by atoms with Crippen LogP contribution in [-0.2, 0) is 14.9 Å². The van der Waals surface area contributed by atoms with E-state index in [-0.39, 0.29) is 17.7 Å². The predicted octanol–water partition coefficient (Wildman–Crippen LogP) is 1.99. The molecule has 1 amide bonds. The molecule has 110 valence electrons. The highest BCUT2D eigenvalue weighted by Gasteiger charge is 2.15. The molecule has 6 nitrogen and oxygen atoms in total. The van der Waals surface area contributed by atoms with E-state index in [2.05, 4.69) is 5.32 Å². The third kappa shape index (κ3) is 4.21. The van der Waals surface area contributed by atoms with Gasteiger partial charge in [0.1, 0.15) is 5.76 Å². The van der Waals surface area contributed by atoms with E-state index in [0.29, 0.717) is 0 Å². The Morgan fingerprint density at radius 1 is 1.30 bits per heavy atom. The van der Waals surface area contributed by atoms with Gasteiger partial charge in [0.2, 0.25) is 11.0 Å². The Balaban J connectivity index is 1.91. The maximum atomic E-state index is 11.7. The Morgan fingerprint density at radius 2 is 2.00 bits per heavy atom. The van der Waals surface area contributed by atoms with Crippen LogP contribution in [0, 0.1) is 0 Å². The van der Waals surface area contributed by atoms with Crippen molar-refractivity contribution in [3.63, 3.8) is 0 Å². The van der Waals surface area contributed by atoms with E-state index < -0.39 is 15.2 Å². The minimum Gasteiger partial charge on any atom is -0.443 e. The lowest BCUT2D eigenvalue weighted by molar-refractivity contribution is -0.117. The molecule has 0 spiro atoms. The topological polar surface area (TPSA) is 96.6 Å². The Hall–Kier alpha value is -1.60. The van der Waals surface area contributed by atoms with E-state index >= 15 is 0 Å². The summed E-state index contributed by atoms with van der Waals surface area (Å²) < 4.78 is 35.3. The van der Waals surface area contributed by atoms with Gasteiger partial charge in [-0.15, -0.1) is 0 Å². The van der Waals surface area contributed by atoms with Gasteiger partial charge >= 0.3 is 10.1 Å². The molecule has 1 saturated carbocycles. The van der Waals surface area contributed by atoms with Gasteiger partial charge in [0.15, 0.2) is 0 Å². The number of furan rings is 1. The monoisotopic (exact) mass is 299 g/mol. The van der Waals surface area contributed by atoms with Crippen LogP contribution in [-0.4, -0.2) is 24.9 Å². The predicted molar refractivity (Wildman–Crippen MR) is 72.6 cm³/mol. The van der Waals surface area contributed by atoms with Gasteiger partial charge in [0.25, 0.3) is 0 Å². The van der Waals surface area contributed by atoms with Gasteiger partial charge in [0, 0.05) is 12.1 Å². The van der Waals surface area contributed by atoms with Crippen LogP contribution < -0.4 is 5.32 Å². The van der Waals surface area contributed by atoms with Gasteiger partial charge in [-0.25, -0.2) is 0 Å². The SMILES string of the molecule is O=C(C=Cc1ccc(S(=O)(=O)O)o1)NC1CCCCC1. The van der Waals surface area contributed by atoms with Crippen molar-refractivity contribution in [1.82, 2.24) is 5.32 Å². The van der Waals surface area contributed by atoms with Gasteiger partial charge < -0.3 is 9.73 Å². The number of nitrogens with one attached hydrogen (secondary N) is 1. The molecular formula is C13H17NO5S.